The molecule has 0 aromatic carbocycles. The van der Waals surface area contributed by atoms with Crippen LogP contribution in [0.5, 0.6) is 0 Å². The maximum atomic E-state index is 12.3. The number of hydrogen-bond acceptors (Lipinski definition) is 5. The van der Waals surface area contributed by atoms with Crippen LogP contribution in [0.1, 0.15) is 25.3 Å². The second-order valence-corrected chi connectivity index (χ2v) is 4.22. The quantitative estimate of drug-likeness (QED) is 0.732. The van der Waals surface area contributed by atoms with E-state index in [-0.39, 0.29) is 11.5 Å². The minimum atomic E-state index is -0.168. The Morgan fingerprint density at radius 3 is 2.94 bits per heavy atom. The van der Waals surface area contributed by atoms with Crippen LogP contribution in [-0.4, -0.2) is 24.6 Å². The van der Waals surface area contributed by atoms with E-state index in [1.54, 1.807) is 0 Å². The van der Waals surface area contributed by atoms with Gasteiger partial charge in [0.25, 0.3) is 11.3 Å². The summed E-state index contributed by atoms with van der Waals surface area (Å²) in [7, 11) is 0. The van der Waals surface area contributed by atoms with Crippen LogP contribution in [0, 0.1) is 0 Å². The van der Waals surface area contributed by atoms with Gasteiger partial charge in [-0.1, -0.05) is 13.8 Å². The molecule has 0 aliphatic rings. The first kappa shape index (κ1) is 10.7. The Labute approximate surface area is 102 Å². The van der Waals surface area contributed by atoms with E-state index in [2.05, 4.69) is 20.1 Å². The number of aromatic nitrogens is 5. The highest BCUT2D eigenvalue weighted by Gasteiger charge is 2.20. The summed E-state index contributed by atoms with van der Waals surface area (Å²) in [5, 5.41) is 2.74. The molecule has 7 nitrogen and oxygen atoms in total. The van der Waals surface area contributed by atoms with E-state index in [4.69, 9.17) is 4.42 Å². The zero-order chi connectivity index (χ0) is 12.7. The van der Waals surface area contributed by atoms with E-state index < -0.39 is 0 Å². The van der Waals surface area contributed by atoms with Gasteiger partial charge < -0.3 is 4.42 Å². The first-order chi connectivity index (χ1) is 8.68. The molecule has 7 heteroatoms. The van der Waals surface area contributed by atoms with Gasteiger partial charge in [-0.25, -0.2) is 15.0 Å². The summed E-state index contributed by atoms with van der Waals surface area (Å²) in [5.74, 6) is 0.808. The summed E-state index contributed by atoms with van der Waals surface area (Å²) in [5.41, 5.74) is 0.909. The highest BCUT2D eigenvalue weighted by atomic mass is 16.3. The van der Waals surface area contributed by atoms with Crippen molar-refractivity contribution in [3.63, 3.8) is 0 Å². The maximum Gasteiger partial charge on any atom is 0.278 e. The van der Waals surface area contributed by atoms with Gasteiger partial charge in [-0.3, -0.25) is 9.89 Å². The first-order valence-corrected chi connectivity index (χ1v) is 5.53. The van der Waals surface area contributed by atoms with Crippen molar-refractivity contribution in [3.05, 3.63) is 34.8 Å². The van der Waals surface area contributed by atoms with E-state index in [9.17, 15) is 4.79 Å². The molecule has 0 amide bonds. The Bertz CT molecular complexity index is 738. The Morgan fingerprint density at radius 2 is 2.28 bits per heavy atom. The van der Waals surface area contributed by atoms with Crippen LogP contribution >= 0.6 is 0 Å². The summed E-state index contributed by atoms with van der Waals surface area (Å²) in [6.07, 6.45) is 4.28. The van der Waals surface area contributed by atoms with Crippen molar-refractivity contribution in [2.24, 2.45) is 0 Å². The van der Waals surface area contributed by atoms with Crippen molar-refractivity contribution in [1.29, 1.82) is 0 Å². The molecule has 0 aliphatic carbocycles. The second kappa shape index (κ2) is 3.80. The predicted octanol–water partition coefficient (Wildman–Crippen LogP) is 1.20. The van der Waals surface area contributed by atoms with Gasteiger partial charge in [-0.2, -0.15) is 4.52 Å². The lowest BCUT2D eigenvalue weighted by Gasteiger charge is -2.08. The zero-order valence-corrected chi connectivity index (χ0v) is 9.91. The Balaban J connectivity index is 2.42. The fraction of sp³-hybridized carbons (Fsp3) is 0.273. The van der Waals surface area contributed by atoms with Crippen LogP contribution in [0.15, 0.2) is 28.1 Å². The number of hydrogen-bond donors (Lipinski definition) is 1. The number of aromatic amines is 1. The highest BCUT2D eigenvalue weighted by molar-refractivity contribution is 5.58. The summed E-state index contributed by atoms with van der Waals surface area (Å²) in [6, 6.07) is 0. The van der Waals surface area contributed by atoms with Crippen LogP contribution in [-0.2, 0) is 0 Å². The van der Waals surface area contributed by atoms with Crippen molar-refractivity contribution in [2.45, 2.75) is 19.8 Å². The molecule has 3 aromatic heterocycles. The molecule has 1 N–H and O–H groups in total. The van der Waals surface area contributed by atoms with Crippen LogP contribution < -0.4 is 5.56 Å². The predicted molar refractivity (Wildman–Crippen MR) is 63.2 cm³/mol. The van der Waals surface area contributed by atoms with E-state index in [1.807, 2.05) is 13.8 Å². The number of H-pyrrole nitrogens is 1. The molecule has 92 valence electrons. The van der Waals surface area contributed by atoms with Crippen LogP contribution in [0.3, 0.4) is 0 Å². The van der Waals surface area contributed by atoms with Gasteiger partial charge in [-0.05, 0) is 5.92 Å². The summed E-state index contributed by atoms with van der Waals surface area (Å²) < 4.78 is 6.55. The number of rotatable bonds is 2. The second-order valence-electron chi connectivity index (χ2n) is 4.22. The summed E-state index contributed by atoms with van der Waals surface area (Å²) >= 11 is 0. The lowest BCUT2D eigenvalue weighted by atomic mass is 10.0. The Morgan fingerprint density at radius 1 is 1.44 bits per heavy atom. The largest absolute Gasteiger partial charge is 0.442 e. The van der Waals surface area contributed by atoms with Crippen molar-refractivity contribution in [2.75, 3.05) is 0 Å². The van der Waals surface area contributed by atoms with E-state index in [1.165, 1.54) is 23.4 Å². The van der Waals surface area contributed by atoms with Crippen molar-refractivity contribution < 1.29 is 4.42 Å². The van der Waals surface area contributed by atoms with E-state index in [0.717, 1.165) is 0 Å². The lowest BCUT2D eigenvalue weighted by molar-refractivity contribution is 0.567. The third kappa shape index (κ3) is 1.44. The SMILES string of the molecule is CC(C)c1c(-c2cnco2)nc2nc[nH]n2c1=O. The third-order valence-electron chi connectivity index (χ3n) is 2.71. The number of oxazole rings is 1. The molecule has 0 fully saturated rings. The minimum absolute atomic E-state index is 0.0188. The number of nitrogens with zero attached hydrogens (tertiary/aromatic N) is 4. The molecule has 0 saturated heterocycles. The number of nitrogens with one attached hydrogen (secondary N) is 1. The van der Waals surface area contributed by atoms with Crippen LogP contribution in [0.25, 0.3) is 17.2 Å². The molecule has 18 heavy (non-hydrogen) atoms. The van der Waals surface area contributed by atoms with Crippen LogP contribution in [0.2, 0.25) is 0 Å². The third-order valence-corrected chi connectivity index (χ3v) is 2.71. The van der Waals surface area contributed by atoms with Crippen LogP contribution in [0.4, 0.5) is 0 Å². The standard InChI is InChI=1S/C11H11N5O2/c1-6(2)8-9(7-3-12-5-18-7)15-11-13-4-14-16(11)10(8)17/h3-6H,1-2H3,(H,13,14,15). The Hall–Kier alpha value is -2.44. The van der Waals surface area contributed by atoms with Crippen molar-refractivity contribution in [1.82, 2.24) is 24.6 Å². The minimum Gasteiger partial charge on any atom is -0.442 e. The molecule has 0 aliphatic heterocycles. The van der Waals surface area contributed by atoms with Gasteiger partial charge >= 0.3 is 0 Å². The maximum absolute atomic E-state index is 12.3. The molecule has 0 spiro atoms. The molecule has 0 radical (unpaired) electrons. The average Bonchev–Trinajstić information content (AvgIpc) is 2.99. The van der Waals surface area contributed by atoms with Gasteiger partial charge in [0.2, 0.25) is 0 Å². The normalized spacial score (nSPS) is 11.5. The van der Waals surface area contributed by atoms with Crippen molar-refractivity contribution in [3.8, 4) is 11.5 Å². The van der Waals surface area contributed by atoms with Gasteiger partial charge in [0.05, 0.1) is 11.8 Å². The average molecular weight is 245 g/mol. The molecular formula is C11H11N5O2. The van der Waals surface area contributed by atoms with Gasteiger partial charge in [0.15, 0.2) is 12.2 Å². The smallest absolute Gasteiger partial charge is 0.278 e. The monoisotopic (exact) mass is 245 g/mol. The first-order valence-electron chi connectivity index (χ1n) is 5.53. The lowest BCUT2D eigenvalue weighted by Crippen LogP contribution is -2.22. The summed E-state index contributed by atoms with van der Waals surface area (Å²) in [6.45, 7) is 3.86. The number of fused-ring (bicyclic) bond motifs is 1. The molecule has 0 unspecified atom stereocenters. The molecule has 0 saturated carbocycles. The fourth-order valence-electron chi connectivity index (χ4n) is 1.91. The van der Waals surface area contributed by atoms with E-state index >= 15 is 0 Å². The van der Waals surface area contributed by atoms with Gasteiger partial charge in [0, 0.05) is 0 Å². The topological polar surface area (TPSA) is 89.1 Å². The van der Waals surface area contributed by atoms with E-state index in [0.29, 0.717) is 22.8 Å². The molecule has 3 aromatic rings. The van der Waals surface area contributed by atoms with Crippen molar-refractivity contribution >= 4 is 5.78 Å². The van der Waals surface area contributed by atoms with Gasteiger partial charge in [-0.15, -0.1) is 0 Å². The summed E-state index contributed by atoms with van der Waals surface area (Å²) in [4.78, 5) is 24.5. The molecule has 3 rings (SSSR count). The molecule has 0 atom stereocenters. The van der Waals surface area contributed by atoms with Gasteiger partial charge in [0.1, 0.15) is 12.0 Å². The Kier molecular flexibility index (Phi) is 2.26. The molecule has 3 heterocycles. The molecule has 0 bridgehead atoms. The highest BCUT2D eigenvalue weighted by Crippen LogP contribution is 2.24. The zero-order valence-electron chi connectivity index (χ0n) is 9.91. The fourth-order valence-corrected chi connectivity index (χ4v) is 1.91. The molecular weight excluding hydrogens is 234 g/mol.